The molecule has 0 fully saturated rings. The molecule has 3 aromatic rings. The van der Waals surface area contributed by atoms with Crippen molar-refractivity contribution < 1.29 is 0 Å². The van der Waals surface area contributed by atoms with Gasteiger partial charge in [-0.25, -0.2) is 0 Å². The molecule has 0 unspecified atom stereocenters. The fraction of sp³-hybridized carbons (Fsp3) is 0. The van der Waals surface area contributed by atoms with E-state index >= 15 is 0 Å². The molecule has 2 N–H and O–H groups in total. The lowest BCUT2D eigenvalue weighted by atomic mass is 10.3. The third kappa shape index (κ3) is 2.12. The molecule has 2 aromatic heterocycles. The van der Waals surface area contributed by atoms with E-state index in [2.05, 4.69) is 38.1 Å². The van der Waals surface area contributed by atoms with Crippen molar-refractivity contribution >= 4 is 46.8 Å². The summed E-state index contributed by atoms with van der Waals surface area (Å²) in [5.41, 5.74) is 1.49. The highest BCUT2D eigenvalue weighted by atomic mass is 35.5. The molecular formula is C11H8ClN5S. The van der Waals surface area contributed by atoms with Crippen molar-refractivity contribution in [3.63, 3.8) is 0 Å². The summed E-state index contributed by atoms with van der Waals surface area (Å²) in [5.74, 6) is 0.616. The topological polar surface area (TPSA) is 66.5 Å². The summed E-state index contributed by atoms with van der Waals surface area (Å²) in [6.45, 7) is 0. The minimum absolute atomic E-state index is 0.167. The average Bonchev–Trinajstić information content (AvgIpc) is 2.80. The SMILES string of the molecule is Sc1ccc(Nc2nc(Cl)nc3[nH]ncc23)cc1. The van der Waals surface area contributed by atoms with Crippen molar-refractivity contribution in [3.05, 3.63) is 35.7 Å². The number of aromatic nitrogens is 4. The van der Waals surface area contributed by atoms with Crippen molar-refractivity contribution in [2.24, 2.45) is 0 Å². The first-order chi connectivity index (χ1) is 8.72. The molecule has 5 nitrogen and oxygen atoms in total. The molecule has 2 heterocycles. The lowest BCUT2D eigenvalue weighted by Gasteiger charge is -2.06. The van der Waals surface area contributed by atoms with Gasteiger partial charge in [0.2, 0.25) is 5.28 Å². The second-order valence-corrected chi connectivity index (χ2v) is 4.50. The van der Waals surface area contributed by atoms with Crippen LogP contribution in [0.3, 0.4) is 0 Å². The van der Waals surface area contributed by atoms with E-state index in [0.717, 1.165) is 16.0 Å². The van der Waals surface area contributed by atoms with E-state index < -0.39 is 0 Å². The second kappa shape index (κ2) is 4.47. The van der Waals surface area contributed by atoms with Gasteiger partial charge in [-0.05, 0) is 35.9 Å². The number of halogens is 1. The number of anilines is 2. The average molecular weight is 278 g/mol. The summed E-state index contributed by atoms with van der Waals surface area (Å²) in [5, 5.41) is 10.8. The highest BCUT2D eigenvalue weighted by Gasteiger charge is 2.08. The molecule has 7 heteroatoms. The van der Waals surface area contributed by atoms with E-state index in [9.17, 15) is 0 Å². The molecule has 3 rings (SSSR count). The molecule has 0 aliphatic heterocycles. The zero-order valence-corrected chi connectivity index (χ0v) is 10.7. The number of hydrogen-bond acceptors (Lipinski definition) is 5. The predicted octanol–water partition coefficient (Wildman–Crippen LogP) is 3.04. The first kappa shape index (κ1) is 11.3. The molecular weight excluding hydrogens is 270 g/mol. The summed E-state index contributed by atoms with van der Waals surface area (Å²) in [6, 6.07) is 7.59. The number of rotatable bonds is 2. The second-order valence-electron chi connectivity index (χ2n) is 3.65. The van der Waals surface area contributed by atoms with Gasteiger partial charge in [0.05, 0.1) is 11.6 Å². The zero-order valence-electron chi connectivity index (χ0n) is 9.05. The standard InChI is InChI=1S/C11H8ClN5S/c12-11-15-9(8-5-13-17-10(8)16-11)14-6-1-3-7(18)4-2-6/h1-5,18H,(H2,13,14,15,16,17). The molecule has 90 valence electrons. The first-order valence-electron chi connectivity index (χ1n) is 5.15. The number of nitrogens with zero attached hydrogens (tertiary/aromatic N) is 3. The van der Waals surface area contributed by atoms with Crippen LogP contribution in [-0.2, 0) is 0 Å². The van der Waals surface area contributed by atoms with Crippen LogP contribution in [0.2, 0.25) is 5.28 Å². The maximum atomic E-state index is 5.85. The van der Waals surface area contributed by atoms with Crippen LogP contribution in [0.4, 0.5) is 11.5 Å². The van der Waals surface area contributed by atoms with E-state index in [0.29, 0.717) is 11.5 Å². The predicted molar refractivity (Wildman–Crippen MR) is 73.7 cm³/mol. The fourth-order valence-corrected chi connectivity index (χ4v) is 1.90. The van der Waals surface area contributed by atoms with Crippen molar-refractivity contribution in [2.75, 3.05) is 5.32 Å². The Balaban J connectivity index is 2.03. The molecule has 0 amide bonds. The van der Waals surface area contributed by atoms with Gasteiger partial charge in [0, 0.05) is 10.6 Å². The molecule has 0 bridgehead atoms. The van der Waals surface area contributed by atoms with Crippen molar-refractivity contribution in [1.82, 2.24) is 20.2 Å². The van der Waals surface area contributed by atoms with Gasteiger partial charge in [0.15, 0.2) is 5.65 Å². The number of nitrogens with one attached hydrogen (secondary N) is 2. The molecule has 0 atom stereocenters. The number of benzene rings is 1. The van der Waals surface area contributed by atoms with Crippen LogP contribution in [0.25, 0.3) is 11.0 Å². The summed E-state index contributed by atoms with van der Waals surface area (Å²) >= 11 is 10.1. The van der Waals surface area contributed by atoms with Gasteiger partial charge in [-0.15, -0.1) is 12.6 Å². The van der Waals surface area contributed by atoms with Crippen LogP contribution >= 0.6 is 24.2 Å². The fourth-order valence-electron chi connectivity index (χ4n) is 1.58. The van der Waals surface area contributed by atoms with Gasteiger partial charge >= 0.3 is 0 Å². The quantitative estimate of drug-likeness (QED) is 0.497. The highest BCUT2D eigenvalue weighted by Crippen LogP contribution is 2.24. The maximum Gasteiger partial charge on any atom is 0.226 e. The lowest BCUT2D eigenvalue weighted by molar-refractivity contribution is 1.09. The zero-order chi connectivity index (χ0) is 12.5. The molecule has 18 heavy (non-hydrogen) atoms. The van der Waals surface area contributed by atoms with Crippen LogP contribution in [0.1, 0.15) is 0 Å². The lowest BCUT2D eigenvalue weighted by Crippen LogP contribution is -1.96. The summed E-state index contributed by atoms with van der Waals surface area (Å²) in [7, 11) is 0. The summed E-state index contributed by atoms with van der Waals surface area (Å²) < 4.78 is 0. The monoisotopic (exact) mass is 277 g/mol. The molecule has 0 spiro atoms. The van der Waals surface area contributed by atoms with Gasteiger partial charge in [0.25, 0.3) is 0 Å². The van der Waals surface area contributed by atoms with Gasteiger partial charge < -0.3 is 5.32 Å². The van der Waals surface area contributed by atoms with E-state index in [1.165, 1.54) is 0 Å². The molecule has 0 aliphatic rings. The Morgan fingerprint density at radius 2 is 1.94 bits per heavy atom. The van der Waals surface area contributed by atoms with Crippen LogP contribution in [0.5, 0.6) is 0 Å². The molecule has 1 aromatic carbocycles. The molecule has 0 aliphatic carbocycles. The van der Waals surface area contributed by atoms with Crippen LogP contribution in [-0.4, -0.2) is 20.2 Å². The molecule has 0 saturated carbocycles. The Kier molecular flexibility index (Phi) is 2.81. The minimum Gasteiger partial charge on any atom is -0.339 e. The molecule has 0 radical (unpaired) electrons. The van der Waals surface area contributed by atoms with Crippen molar-refractivity contribution in [3.8, 4) is 0 Å². The Bertz CT molecular complexity index is 694. The Morgan fingerprint density at radius 3 is 2.72 bits per heavy atom. The van der Waals surface area contributed by atoms with Gasteiger partial charge in [-0.1, -0.05) is 0 Å². The summed E-state index contributed by atoms with van der Waals surface area (Å²) in [6.07, 6.45) is 1.65. The summed E-state index contributed by atoms with van der Waals surface area (Å²) in [4.78, 5) is 9.09. The van der Waals surface area contributed by atoms with E-state index in [-0.39, 0.29) is 5.28 Å². The Hall–Kier alpha value is -1.79. The Labute approximate surface area is 113 Å². The Morgan fingerprint density at radius 1 is 1.17 bits per heavy atom. The van der Waals surface area contributed by atoms with E-state index in [1.807, 2.05) is 24.3 Å². The van der Waals surface area contributed by atoms with Crippen LogP contribution < -0.4 is 5.32 Å². The van der Waals surface area contributed by atoms with Crippen molar-refractivity contribution in [1.29, 1.82) is 0 Å². The van der Waals surface area contributed by atoms with E-state index in [4.69, 9.17) is 11.6 Å². The smallest absolute Gasteiger partial charge is 0.226 e. The highest BCUT2D eigenvalue weighted by molar-refractivity contribution is 7.80. The van der Waals surface area contributed by atoms with Crippen LogP contribution in [0.15, 0.2) is 35.4 Å². The number of fused-ring (bicyclic) bond motifs is 1. The number of aromatic amines is 1. The number of H-pyrrole nitrogens is 1. The normalized spacial score (nSPS) is 10.8. The first-order valence-corrected chi connectivity index (χ1v) is 5.97. The third-order valence-electron chi connectivity index (χ3n) is 2.41. The van der Waals surface area contributed by atoms with Crippen LogP contribution in [0, 0.1) is 0 Å². The van der Waals surface area contributed by atoms with Gasteiger partial charge in [-0.2, -0.15) is 15.1 Å². The van der Waals surface area contributed by atoms with Gasteiger partial charge in [0.1, 0.15) is 5.82 Å². The van der Waals surface area contributed by atoms with Crippen molar-refractivity contribution in [2.45, 2.75) is 4.90 Å². The maximum absolute atomic E-state index is 5.85. The minimum atomic E-state index is 0.167. The third-order valence-corrected chi connectivity index (χ3v) is 2.88. The largest absolute Gasteiger partial charge is 0.339 e. The number of hydrogen-bond donors (Lipinski definition) is 3. The molecule has 0 saturated heterocycles. The number of thiol groups is 1. The van der Waals surface area contributed by atoms with E-state index in [1.54, 1.807) is 6.20 Å². The van der Waals surface area contributed by atoms with Gasteiger partial charge in [-0.3, -0.25) is 5.10 Å².